The number of aromatic nitrogens is 1. The van der Waals surface area contributed by atoms with Gasteiger partial charge in [-0.05, 0) is 38.1 Å². The molecule has 2 nitrogen and oxygen atoms in total. The Kier molecular flexibility index (Phi) is 4.99. The second-order valence-electron chi connectivity index (χ2n) is 5.33. The summed E-state index contributed by atoms with van der Waals surface area (Å²) < 4.78 is 0. The highest BCUT2D eigenvalue weighted by molar-refractivity contribution is 7.09. The van der Waals surface area contributed by atoms with E-state index in [1.807, 2.05) is 11.7 Å². The third-order valence-corrected chi connectivity index (χ3v) is 5.09. The Balaban J connectivity index is 1.69. The lowest BCUT2D eigenvalue weighted by atomic mass is 9.81. The van der Waals surface area contributed by atoms with Crippen LogP contribution in [0.3, 0.4) is 0 Å². The van der Waals surface area contributed by atoms with Gasteiger partial charge in [0.25, 0.3) is 0 Å². The van der Waals surface area contributed by atoms with Gasteiger partial charge < -0.3 is 5.32 Å². The number of hydrogen-bond acceptors (Lipinski definition) is 3. The van der Waals surface area contributed by atoms with E-state index in [0.717, 1.165) is 11.8 Å². The summed E-state index contributed by atoms with van der Waals surface area (Å²) in [5, 5.41) is 3.66. The molecule has 1 atom stereocenters. The SMILES string of the molecule is CCC1CCC(CNC(C)c2cncs2)CC1. The Morgan fingerprint density at radius 1 is 1.35 bits per heavy atom. The molecule has 1 aromatic heterocycles. The maximum atomic E-state index is 4.14. The van der Waals surface area contributed by atoms with E-state index >= 15 is 0 Å². The number of nitrogens with zero attached hydrogens (tertiary/aromatic N) is 1. The molecule has 0 radical (unpaired) electrons. The van der Waals surface area contributed by atoms with Crippen LogP contribution in [-0.2, 0) is 0 Å². The van der Waals surface area contributed by atoms with Gasteiger partial charge in [-0.3, -0.25) is 4.98 Å². The standard InChI is InChI=1S/C14H24N2S/c1-3-12-4-6-13(7-5-12)8-16-11(2)14-9-15-10-17-14/h9-13,16H,3-8H2,1-2H3. The molecule has 1 unspecified atom stereocenters. The summed E-state index contributed by atoms with van der Waals surface area (Å²) in [5.41, 5.74) is 1.92. The van der Waals surface area contributed by atoms with Crippen molar-refractivity contribution in [3.05, 3.63) is 16.6 Å². The summed E-state index contributed by atoms with van der Waals surface area (Å²) >= 11 is 1.75. The average molecular weight is 252 g/mol. The van der Waals surface area contributed by atoms with Gasteiger partial charge >= 0.3 is 0 Å². The minimum absolute atomic E-state index is 0.464. The molecule has 0 spiro atoms. The molecule has 1 heterocycles. The van der Waals surface area contributed by atoms with Crippen molar-refractivity contribution in [2.75, 3.05) is 6.54 Å². The zero-order valence-corrected chi connectivity index (χ0v) is 11.8. The summed E-state index contributed by atoms with van der Waals surface area (Å²) in [4.78, 5) is 5.49. The largest absolute Gasteiger partial charge is 0.309 e. The summed E-state index contributed by atoms with van der Waals surface area (Å²) in [7, 11) is 0. The van der Waals surface area contributed by atoms with Gasteiger partial charge in [-0.15, -0.1) is 11.3 Å². The first-order chi connectivity index (χ1) is 8.29. The van der Waals surface area contributed by atoms with Crippen molar-refractivity contribution in [2.24, 2.45) is 11.8 Å². The van der Waals surface area contributed by atoms with E-state index in [1.54, 1.807) is 11.3 Å². The quantitative estimate of drug-likeness (QED) is 0.856. The first kappa shape index (κ1) is 13.0. The van der Waals surface area contributed by atoms with E-state index in [1.165, 1.54) is 43.5 Å². The van der Waals surface area contributed by atoms with E-state index < -0.39 is 0 Å². The van der Waals surface area contributed by atoms with Gasteiger partial charge in [0.1, 0.15) is 0 Å². The predicted octanol–water partition coefficient (Wildman–Crippen LogP) is 4.01. The zero-order chi connectivity index (χ0) is 12.1. The Bertz CT molecular complexity index is 302. The van der Waals surface area contributed by atoms with Crippen LogP contribution >= 0.6 is 11.3 Å². The van der Waals surface area contributed by atoms with Gasteiger partial charge in [0.05, 0.1) is 5.51 Å². The first-order valence-corrected chi connectivity index (χ1v) is 7.79. The summed E-state index contributed by atoms with van der Waals surface area (Å²) in [6.07, 6.45) is 9.07. The van der Waals surface area contributed by atoms with Gasteiger partial charge in [-0.1, -0.05) is 26.2 Å². The molecule has 3 heteroatoms. The lowest BCUT2D eigenvalue weighted by molar-refractivity contribution is 0.258. The monoisotopic (exact) mass is 252 g/mol. The molecule has 1 saturated carbocycles. The molecule has 0 aliphatic heterocycles. The van der Waals surface area contributed by atoms with Crippen molar-refractivity contribution in [1.82, 2.24) is 10.3 Å². The Morgan fingerprint density at radius 2 is 2.06 bits per heavy atom. The minimum atomic E-state index is 0.464. The number of rotatable bonds is 5. The molecule has 0 saturated heterocycles. The highest BCUT2D eigenvalue weighted by Gasteiger charge is 2.20. The van der Waals surface area contributed by atoms with Crippen LogP contribution in [0.5, 0.6) is 0 Å². The first-order valence-electron chi connectivity index (χ1n) is 6.91. The molecule has 0 bridgehead atoms. The lowest BCUT2D eigenvalue weighted by Gasteiger charge is -2.28. The molecule has 1 aromatic rings. The van der Waals surface area contributed by atoms with E-state index in [2.05, 4.69) is 24.1 Å². The number of nitrogens with one attached hydrogen (secondary N) is 1. The lowest BCUT2D eigenvalue weighted by Crippen LogP contribution is -2.28. The summed E-state index contributed by atoms with van der Waals surface area (Å²) in [6, 6.07) is 0.464. The highest BCUT2D eigenvalue weighted by Crippen LogP contribution is 2.30. The molecule has 1 fully saturated rings. The molecular formula is C14H24N2S. The van der Waals surface area contributed by atoms with E-state index in [4.69, 9.17) is 0 Å². The van der Waals surface area contributed by atoms with Crippen LogP contribution in [0.25, 0.3) is 0 Å². The zero-order valence-electron chi connectivity index (χ0n) is 11.0. The van der Waals surface area contributed by atoms with Gasteiger partial charge in [0.2, 0.25) is 0 Å². The molecule has 1 aliphatic carbocycles. The van der Waals surface area contributed by atoms with Crippen molar-refractivity contribution in [2.45, 2.75) is 52.0 Å². The van der Waals surface area contributed by atoms with Crippen LogP contribution < -0.4 is 5.32 Å². The molecule has 17 heavy (non-hydrogen) atoms. The Hall–Kier alpha value is -0.410. The van der Waals surface area contributed by atoms with Crippen LogP contribution in [0, 0.1) is 11.8 Å². The third-order valence-electron chi connectivity index (χ3n) is 4.13. The van der Waals surface area contributed by atoms with Crippen LogP contribution in [0.1, 0.15) is 56.9 Å². The normalized spacial score (nSPS) is 26.9. The summed E-state index contributed by atoms with van der Waals surface area (Å²) in [6.45, 7) is 5.75. The maximum absolute atomic E-state index is 4.14. The topological polar surface area (TPSA) is 24.9 Å². The third kappa shape index (κ3) is 3.78. The van der Waals surface area contributed by atoms with Crippen LogP contribution in [0.15, 0.2) is 11.7 Å². The fraction of sp³-hybridized carbons (Fsp3) is 0.786. The van der Waals surface area contributed by atoms with Gasteiger partial charge in [-0.25, -0.2) is 0 Å². The molecule has 0 aromatic carbocycles. The molecule has 1 aliphatic rings. The minimum Gasteiger partial charge on any atom is -0.309 e. The van der Waals surface area contributed by atoms with E-state index in [0.29, 0.717) is 6.04 Å². The molecular weight excluding hydrogens is 228 g/mol. The van der Waals surface area contributed by atoms with E-state index in [-0.39, 0.29) is 0 Å². The fourth-order valence-electron chi connectivity index (χ4n) is 2.73. The number of hydrogen-bond donors (Lipinski definition) is 1. The highest BCUT2D eigenvalue weighted by atomic mass is 32.1. The van der Waals surface area contributed by atoms with Crippen molar-refractivity contribution in [3.8, 4) is 0 Å². The Morgan fingerprint density at radius 3 is 2.65 bits per heavy atom. The smallest absolute Gasteiger partial charge is 0.0794 e. The van der Waals surface area contributed by atoms with Gasteiger partial charge in [-0.2, -0.15) is 0 Å². The van der Waals surface area contributed by atoms with Crippen LogP contribution in [0.4, 0.5) is 0 Å². The average Bonchev–Trinajstić information content (AvgIpc) is 2.90. The number of thiazole rings is 1. The van der Waals surface area contributed by atoms with Crippen LogP contribution in [-0.4, -0.2) is 11.5 Å². The van der Waals surface area contributed by atoms with Crippen molar-refractivity contribution in [3.63, 3.8) is 0 Å². The van der Waals surface area contributed by atoms with Crippen molar-refractivity contribution in [1.29, 1.82) is 0 Å². The fourth-order valence-corrected chi connectivity index (χ4v) is 3.38. The second-order valence-corrected chi connectivity index (χ2v) is 6.25. The van der Waals surface area contributed by atoms with Crippen molar-refractivity contribution < 1.29 is 0 Å². The molecule has 2 rings (SSSR count). The predicted molar refractivity (Wildman–Crippen MR) is 74.3 cm³/mol. The maximum Gasteiger partial charge on any atom is 0.0794 e. The van der Waals surface area contributed by atoms with Gasteiger partial charge in [0, 0.05) is 17.1 Å². The Labute approximate surface area is 109 Å². The molecule has 1 N–H and O–H groups in total. The van der Waals surface area contributed by atoms with Gasteiger partial charge in [0.15, 0.2) is 0 Å². The molecule has 0 amide bonds. The van der Waals surface area contributed by atoms with E-state index in [9.17, 15) is 0 Å². The molecule has 96 valence electrons. The van der Waals surface area contributed by atoms with Crippen molar-refractivity contribution >= 4 is 11.3 Å². The second kappa shape index (κ2) is 6.50. The van der Waals surface area contributed by atoms with Crippen LogP contribution in [0.2, 0.25) is 0 Å². The summed E-state index contributed by atoms with van der Waals surface area (Å²) in [5.74, 6) is 1.90.